The summed E-state index contributed by atoms with van der Waals surface area (Å²) in [5.41, 5.74) is 6.29. The molecule has 1 heterocycles. The molecule has 5 nitrogen and oxygen atoms in total. The van der Waals surface area contributed by atoms with Gasteiger partial charge in [-0.15, -0.1) is 0 Å². The molecule has 8 rings (SSSR count). The van der Waals surface area contributed by atoms with Crippen LogP contribution in [0.2, 0.25) is 5.02 Å². The first kappa shape index (κ1) is 26.2. The molecule has 4 aromatic carbocycles. The number of imide groups is 1. The minimum Gasteiger partial charge on any atom is -0.487 e. The van der Waals surface area contributed by atoms with Crippen LogP contribution in [0.1, 0.15) is 45.2 Å². The van der Waals surface area contributed by atoms with Crippen molar-refractivity contribution < 1.29 is 14.3 Å². The van der Waals surface area contributed by atoms with Gasteiger partial charge in [-0.25, -0.2) is 0 Å². The van der Waals surface area contributed by atoms with Crippen LogP contribution in [-0.2, 0) is 16.2 Å². The maximum Gasteiger partial charge on any atom is 0.254 e. The zero-order chi connectivity index (χ0) is 27.5. The fourth-order valence-electron chi connectivity index (χ4n) is 6.46. The van der Waals surface area contributed by atoms with Gasteiger partial charge in [-0.2, -0.15) is 10.1 Å². The van der Waals surface area contributed by atoms with E-state index in [4.69, 9.17) is 16.3 Å². The number of benzene rings is 4. The van der Waals surface area contributed by atoms with Gasteiger partial charge in [0.25, 0.3) is 11.8 Å². The molecule has 40 heavy (non-hydrogen) atoms. The molecule has 2 bridgehead atoms. The van der Waals surface area contributed by atoms with E-state index in [1.165, 1.54) is 0 Å². The topological polar surface area (TPSA) is 59.0 Å². The Morgan fingerprint density at radius 1 is 0.775 bits per heavy atom. The maximum atomic E-state index is 13.8. The third-order valence-corrected chi connectivity index (χ3v) is 10.1. The summed E-state index contributed by atoms with van der Waals surface area (Å²) in [6, 6.07) is 27.9. The monoisotopic (exact) mass is 770 g/mol. The van der Waals surface area contributed by atoms with E-state index in [0.29, 0.717) is 11.6 Å². The Bertz CT molecular complexity index is 1600. The van der Waals surface area contributed by atoms with E-state index in [1.807, 2.05) is 60.7 Å². The Kier molecular flexibility index (Phi) is 6.71. The van der Waals surface area contributed by atoms with Crippen molar-refractivity contribution in [3.05, 3.63) is 130 Å². The van der Waals surface area contributed by atoms with Crippen LogP contribution in [0.5, 0.6) is 5.75 Å². The van der Waals surface area contributed by atoms with Crippen molar-refractivity contribution in [1.82, 2.24) is 5.01 Å². The van der Waals surface area contributed by atoms with Crippen molar-refractivity contribution >= 4 is 74.8 Å². The average molecular weight is 771 g/mol. The van der Waals surface area contributed by atoms with Crippen LogP contribution in [0.3, 0.4) is 0 Å². The van der Waals surface area contributed by atoms with Crippen molar-refractivity contribution in [2.24, 2.45) is 16.9 Å². The molecule has 1 fully saturated rings. The summed E-state index contributed by atoms with van der Waals surface area (Å²) in [5, 5.41) is 6.23. The van der Waals surface area contributed by atoms with Crippen LogP contribution >= 0.6 is 56.8 Å². The number of amides is 2. The second kappa shape index (κ2) is 10.3. The molecule has 8 heteroatoms. The smallest absolute Gasteiger partial charge is 0.254 e. The van der Waals surface area contributed by atoms with Gasteiger partial charge in [-0.3, -0.25) is 9.59 Å². The highest BCUT2D eigenvalue weighted by molar-refractivity contribution is 14.1. The average Bonchev–Trinajstić information content (AvgIpc) is 3.22. The minimum absolute atomic E-state index is 0.143. The van der Waals surface area contributed by atoms with E-state index in [2.05, 4.69) is 74.5 Å². The molecule has 0 N–H and O–H groups in total. The molecule has 0 unspecified atom stereocenters. The van der Waals surface area contributed by atoms with Gasteiger partial charge in [-0.05, 0) is 91.2 Å². The summed E-state index contributed by atoms with van der Waals surface area (Å²) in [6.45, 7) is 0.353. The van der Waals surface area contributed by atoms with E-state index >= 15 is 0 Å². The van der Waals surface area contributed by atoms with Crippen LogP contribution in [0, 0.1) is 19.0 Å². The molecular weight excluding hydrogens is 750 g/mol. The molecule has 0 radical (unpaired) electrons. The fraction of sp³-hybridized carbons (Fsp3) is 0.156. The van der Waals surface area contributed by atoms with E-state index < -0.39 is 11.8 Å². The Balaban J connectivity index is 1.17. The second-order valence-electron chi connectivity index (χ2n) is 10.2. The Labute approximate surface area is 263 Å². The Morgan fingerprint density at radius 3 is 1.75 bits per heavy atom. The first-order valence-corrected chi connectivity index (χ1v) is 15.4. The third-order valence-electron chi connectivity index (χ3n) is 8.10. The van der Waals surface area contributed by atoms with Crippen LogP contribution in [-0.4, -0.2) is 23.0 Å². The van der Waals surface area contributed by atoms with Gasteiger partial charge in [0.15, 0.2) is 0 Å². The summed E-state index contributed by atoms with van der Waals surface area (Å²) >= 11 is 10.7. The highest BCUT2D eigenvalue weighted by atomic mass is 127. The standard InChI is InChI=1S/C32H21ClI2N2O3/c33-23-12-6-1-7-18(23)16-40-30-24(34)13-17(14-25(30)35)15-36-37-31(38)28-26-19-8-2-3-9-20(19)27(29(28)32(37)39)22-11-5-4-10-21(22)26/h1-15,26-29H,16H2/b36-15-/t26?,27?,28-,29-/m1/s1. The number of carbonyl (C=O) groups excluding carboxylic acids is 2. The molecule has 3 aliphatic carbocycles. The van der Waals surface area contributed by atoms with Crippen LogP contribution in [0.4, 0.5) is 0 Å². The van der Waals surface area contributed by atoms with Gasteiger partial charge in [0.2, 0.25) is 0 Å². The number of rotatable bonds is 5. The normalized spacial score (nSPS) is 22.4. The Hall–Kier alpha value is -2.76. The molecule has 2 amide bonds. The van der Waals surface area contributed by atoms with Gasteiger partial charge in [0.05, 0.1) is 25.2 Å². The summed E-state index contributed by atoms with van der Waals surface area (Å²) in [5.74, 6) is -0.875. The van der Waals surface area contributed by atoms with E-state index in [-0.39, 0.29) is 23.7 Å². The largest absolute Gasteiger partial charge is 0.487 e. The highest BCUT2D eigenvalue weighted by Crippen LogP contribution is 2.61. The molecule has 4 aromatic rings. The SMILES string of the molecule is O=C1[C@@H]2C3c4ccccc4C(c4ccccc43)[C@H]2C(=O)N1/N=C\c1cc(I)c(OCc2ccccc2Cl)c(I)c1. The molecule has 1 saturated heterocycles. The number of hydrogen-bond donors (Lipinski definition) is 0. The number of hydrogen-bond acceptors (Lipinski definition) is 4. The molecular formula is C32H21ClI2N2O3. The van der Waals surface area contributed by atoms with Gasteiger partial charge < -0.3 is 4.74 Å². The van der Waals surface area contributed by atoms with E-state index in [1.54, 1.807) is 6.21 Å². The lowest BCUT2D eigenvalue weighted by Crippen LogP contribution is -2.41. The summed E-state index contributed by atoms with van der Waals surface area (Å²) < 4.78 is 7.89. The van der Waals surface area contributed by atoms with Gasteiger partial charge in [-0.1, -0.05) is 78.3 Å². The number of halogens is 3. The van der Waals surface area contributed by atoms with Crippen LogP contribution in [0.15, 0.2) is 90.0 Å². The van der Waals surface area contributed by atoms with Gasteiger partial charge in [0, 0.05) is 22.4 Å². The highest BCUT2D eigenvalue weighted by Gasteiger charge is 2.61. The predicted molar refractivity (Wildman–Crippen MR) is 171 cm³/mol. The Morgan fingerprint density at radius 2 is 1.25 bits per heavy atom. The van der Waals surface area contributed by atoms with Crippen LogP contribution < -0.4 is 4.74 Å². The summed E-state index contributed by atoms with van der Waals surface area (Å²) in [7, 11) is 0. The summed E-state index contributed by atoms with van der Waals surface area (Å²) in [4.78, 5) is 27.5. The molecule has 0 aromatic heterocycles. The molecule has 0 spiro atoms. The lowest BCUT2D eigenvalue weighted by atomic mass is 9.55. The van der Waals surface area contributed by atoms with Crippen molar-refractivity contribution in [2.45, 2.75) is 18.4 Å². The van der Waals surface area contributed by atoms with E-state index in [0.717, 1.165) is 51.3 Å². The molecule has 2 atom stereocenters. The maximum absolute atomic E-state index is 13.8. The van der Waals surface area contributed by atoms with E-state index in [9.17, 15) is 9.59 Å². The molecule has 198 valence electrons. The number of carbonyl (C=O) groups is 2. The summed E-state index contributed by atoms with van der Waals surface area (Å²) in [6.07, 6.45) is 1.59. The lowest BCUT2D eigenvalue weighted by Gasteiger charge is -2.45. The number of ether oxygens (including phenoxy) is 1. The quantitative estimate of drug-likeness (QED) is 0.121. The van der Waals surface area contributed by atoms with Crippen LogP contribution in [0.25, 0.3) is 0 Å². The second-order valence-corrected chi connectivity index (χ2v) is 12.9. The zero-order valence-electron chi connectivity index (χ0n) is 20.9. The van der Waals surface area contributed by atoms with Crippen molar-refractivity contribution in [3.8, 4) is 5.75 Å². The first-order valence-electron chi connectivity index (χ1n) is 12.9. The van der Waals surface area contributed by atoms with Crippen molar-refractivity contribution in [2.75, 3.05) is 0 Å². The molecule has 0 saturated carbocycles. The van der Waals surface area contributed by atoms with Gasteiger partial charge in [0.1, 0.15) is 12.4 Å². The minimum atomic E-state index is -0.444. The number of nitrogens with zero attached hydrogens (tertiary/aromatic N) is 2. The predicted octanol–water partition coefficient (Wildman–Crippen LogP) is 7.35. The molecule has 1 aliphatic heterocycles. The first-order chi connectivity index (χ1) is 19.4. The van der Waals surface area contributed by atoms with Crippen molar-refractivity contribution in [3.63, 3.8) is 0 Å². The lowest BCUT2D eigenvalue weighted by molar-refractivity contribution is -0.139. The zero-order valence-corrected chi connectivity index (χ0v) is 26.0. The van der Waals surface area contributed by atoms with Gasteiger partial charge >= 0.3 is 0 Å². The van der Waals surface area contributed by atoms with Crippen molar-refractivity contribution in [1.29, 1.82) is 0 Å². The number of hydrazone groups is 1. The fourth-order valence-corrected chi connectivity index (χ4v) is 8.78. The third kappa shape index (κ3) is 4.11. The molecule has 4 aliphatic rings.